The molecule has 1 aliphatic heterocycles. The lowest BCUT2D eigenvalue weighted by Crippen LogP contribution is -3.00. The second-order valence-corrected chi connectivity index (χ2v) is 8.17. The highest BCUT2D eigenvalue weighted by Gasteiger charge is 2.24. The molecule has 6 heteroatoms. The van der Waals surface area contributed by atoms with E-state index in [0.717, 1.165) is 18.8 Å². The monoisotopic (exact) mass is 500 g/mol. The Kier molecular flexibility index (Phi) is 7.61. The maximum atomic E-state index is 5.37. The van der Waals surface area contributed by atoms with Crippen molar-refractivity contribution in [2.45, 2.75) is 39.1 Å². The van der Waals surface area contributed by atoms with Gasteiger partial charge in [0.2, 0.25) is 0 Å². The van der Waals surface area contributed by atoms with E-state index in [-0.39, 0.29) is 24.0 Å². The first-order valence-corrected chi connectivity index (χ1v) is 10.2. The quantitative estimate of drug-likeness (QED) is 0.463. The molecule has 2 aromatic rings. The molecule has 0 N–H and O–H groups in total. The number of thioether (sulfide) groups is 1. The van der Waals surface area contributed by atoms with Crippen molar-refractivity contribution in [1.29, 1.82) is 0 Å². The molecule has 0 bridgehead atoms. The van der Waals surface area contributed by atoms with E-state index in [1.165, 1.54) is 31.2 Å². The van der Waals surface area contributed by atoms with Gasteiger partial charge in [-0.05, 0) is 39.0 Å². The lowest BCUT2D eigenvalue weighted by Gasteiger charge is -2.18. The number of nitrogens with zero attached hydrogens (tertiary/aromatic N) is 2. The fourth-order valence-corrected chi connectivity index (χ4v) is 5.24. The first-order valence-electron chi connectivity index (χ1n) is 8.60. The molecule has 0 fully saturated rings. The Morgan fingerprint density at radius 3 is 2.65 bits per heavy atom. The summed E-state index contributed by atoms with van der Waals surface area (Å²) in [7, 11) is 1.72. The summed E-state index contributed by atoms with van der Waals surface area (Å²) in [5, 5.41) is 2.56. The predicted octanol–water partition coefficient (Wildman–Crippen LogP) is 2.17. The average Bonchev–Trinajstić information content (AvgIpc) is 3.10. The van der Waals surface area contributed by atoms with E-state index in [4.69, 9.17) is 4.74 Å². The molecular weight excluding hydrogens is 475 g/mol. The van der Waals surface area contributed by atoms with Crippen molar-refractivity contribution in [3.8, 4) is 5.75 Å². The fraction of sp³-hybridized carbons (Fsp3) is 0.350. The molecule has 1 aromatic heterocycles. The van der Waals surface area contributed by atoms with Crippen LogP contribution in [0.4, 0.5) is 5.69 Å². The molecule has 2 heterocycles. The number of ether oxygens (including phenoxy) is 1. The average molecular weight is 500 g/mol. The van der Waals surface area contributed by atoms with Crippen molar-refractivity contribution < 1.29 is 33.3 Å². The zero-order valence-electron chi connectivity index (χ0n) is 15.9. The molecule has 0 spiro atoms. The van der Waals surface area contributed by atoms with Crippen molar-refractivity contribution >= 4 is 34.9 Å². The number of rotatable bonds is 5. The van der Waals surface area contributed by atoms with Gasteiger partial charge in [0.05, 0.1) is 22.7 Å². The van der Waals surface area contributed by atoms with E-state index in [1.807, 2.05) is 29.2 Å². The third-order valence-electron chi connectivity index (χ3n) is 4.49. The third-order valence-corrected chi connectivity index (χ3v) is 6.78. The highest BCUT2D eigenvalue weighted by Crippen LogP contribution is 2.47. The summed E-state index contributed by atoms with van der Waals surface area (Å²) in [6.07, 6.45) is 6.61. The molecule has 0 radical (unpaired) electrons. The van der Waals surface area contributed by atoms with E-state index < -0.39 is 0 Å². The van der Waals surface area contributed by atoms with Crippen LogP contribution in [0.5, 0.6) is 5.75 Å². The number of allylic oxidation sites excluding steroid dienone is 2. The molecular formula is C20H25IN2OS2. The van der Waals surface area contributed by atoms with Crippen LogP contribution in [-0.2, 0) is 6.54 Å². The van der Waals surface area contributed by atoms with E-state index in [0.29, 0.717) is 0 Å². The summed E-state index contributed by atoms with van der Waals surface area (Å²) in [6, 6.07) is 6.29. The van der Waals surface area contributed by atoms with Gasteiger partial charge in [-0.25, -0.2) is 0 Å². The second kappa shape index (κ2) is 9.28. The lowest BCUT2D eigenvalue weighted by atomic mass is 10.2. The van der Waals surface area contributed by atoms with Gasteiger partial charge in [-0.1, -0.05) is 29.2 Å². The number of aromatic nitrogens is 1. The molecule has 1 aromatic carbocycles. The summed E-state index contributed by atoms with van der Waals surface area (Å²) in [6.45, 7) is 10.7. The molecule has 0 unspecified atom stereocenters. The van der Waals surface area contributed by atoms with Gasteiger partial charge in [-0.3, -0.25) is 0 Å². The largest absolute Gasteiger partial charge is 1.00 e. The number of hydrogen-bond acceptors (Lipinski definition) is 4. The topological polar surface area (TPSA) is 16.4 Å². The summed E-state index contributed by atoms with van der Waals surface area (Å²) < 4.78 is 7.74. The van der Waals surface area contributed by atoms with Crippen LogP contribution < -0.4 is 38.2 Å². The number of halogens is 1. The Bertz CT molecular complexity index is 843. The van der Waals surface area contributed by atoms with Gasteiger partial charge < -0.3 is 33.6 Å². The lowest BCUT2D eigenvalue weighted by molar-refractivity contribution is -0.696. The minimum atomic E-state index is 0. The Hall–Kier alpha value is -0.990. The Balaban J connectivity index is 0.00000243. The van der Waals surface area contributed by atoms with Crippen molar-refractivity contribution in [2.24, 2.45) is 0 Å². The SMILES string of the molecule is CCN1C(=CC=Cc2sc(C)c(C)[n+]2CC)Sc2ccc(OC)cc21.[I-]. The summed E-state index contributed by atoms with van der Waals surface area (Å²) in [4.78, 5) is 5.01. The number of aryl methyl sites for hydroxylation is 1. The summed E-state index contributed by atoms with van der Waals surface area (Å²) in [5.74, 6) is 0.906. The van der Waals surface area contributed by atoms with Gasteiger partial charge in [-0.2, -0.15) is 4.57 Å². The molecule has 0 amide bonds. The minimum absolute atomic E-state index is 0. The Morgan fingerprint density at radius 2 is 2.00 bits per heavy atom. The Labute approximate surface area is 181 Å². The molecule has 140 valence electrons. The molecule has 3 rings (SSSR count). The summed E-state index contributed by atoms with van der Waals surface area (Å²) in [5.41, 5.74) is 2.60. The maximum absolute atomic E-state index is 5.37. The van der Waals surface area contributed by atoms with Crippen LogP contribution in [-0.4, -0.2) is 13.7 Å². The molecule has 0 saturated heterocycles. The van der Waals surface area contributed by atoms with Crippen LogP contribution in [0.25, 0.3) is 6.08 Å². The van der Waals surface area contributed by atoms with E-state index >= 15 is 0 Å². The molecule has 0 atom stereocenters. The zero-order valence-corrected chi connectivity index (χ0v) is 19.7. The fourth-order valence-electron chi connectivity index (χ4n) is 3.03. The second-order valence-electron chi connectivity index (χ2n) is 5.87. The molecule has 3 nitrogen and oxygen atoms in total. The van der Waals surface area contributed by atoms with E-state index in [1.54, 1.807) is 7.11 Å². The minimum Gasteiger partial charge on any atom is -1.00 e. The number of hydrogen-bond donors (Lipinski definition) is 0. The van der Waals surface area contributed by atoms with Crippen molar-refractivity contribution in [1.82, 2.24) is 0 Å². The highest BCUT2D eigenvalue weighted by molar-refractivity contribution is 8.03. The smallest absolute Gasteiger partial charge is 0.262 e. The van der Waals surface area contributed by atoms with Crippen LogP contribution >= 0.6 is 23.1 Å². The van der Waals surface area contributed by atoms with Gasteiger partial charge in [0, 0.05) is 30.5 Å². The maximum Gasteiger partial charge on any atom is 0.262 e. The van der Waals surface area contributed by atoms with Gasteiger partial charge in [0.1, 0.15) is 12.3 Å². The van der Waals surface area contributed by atoms with Crippen molar-refractivity contribution in [2.75, 3.05) is 18.6 Å². The van der Waals surface area contributed by atoms with Gasteiger partial charge in [-0.15, -0.1) is 0 Å². The molecule has 26 heavy (non-hydrogen) atoms. The molecule has 0 aliphatic carbocycles. The van der Waals surface area contributed by atoms with Crippen LogP contribution in [0.1, 0.15) is 29.4 Å². The first-order chi connectivity index (χ1) is 12.1. The summed E-state index contributed by atoms with van der Waals surface area (Å²) >= 11 is 3.68. The Morgan fingerprint density at radius 1 is 1.23 bits per heavy atom. The van der Waals surface area contributed by atoms with Crippen molar-refractivity contribution in [3.05, 3.63) is 51.0 Å². The van der Waals surface area contributed by atoms with Crippen LogP contribution in [0.3, 0.4) is 0 Å². The zero-order chi connectivity index (χ0) is 18.0. The van der Waals surface area contributed by atoms with Crippen LogP contribution in [0.15, 0.2) is 40.3 Å². The third kappa shape index (κ3) is 4.12. The van der Waals surface area contributed by atoms with E-state index in [9.17, 15) is 0 Å². The van der Waals surface area contributed by atoms with Crippen molar-refractivity contribution in [3.63, 3.8) is 0 Å². The molecule has 1 aliphatic rings. The molecule has 0 saturated carbocycles. The van der Waals surface area contributed by atoms with Crippen LogP contribution in [0, 0.1) is 13.8 Å². The van der Waals surface area contributed by atoms with Gasteiger partial charge in [0.25, 0.3) is 5.01 Å². The predicted molar refractivity (Wildman–Crippen MR) is 109 cm³/mol. The van der Waals surface area contributed by atoms with E-state index in [2.05, 4.69) is 67.5 Å². The number of methoxy groups -OCH3 is 1. The number of benzene rings is 1. The number of fused-ring (bicyclic) bond motifs is 1. The normalized spacial score (nSPS) is 14.8. The number of thiazole rings is 1. The van der Waals surface area contributed by atoms with Crippen LogP contribution in [0.2, 0.25) is 0 Å². The number of anilines is 1. The highest BCUT2D eigenvalue weighted by atomic mass is 127. The standard InChI is InChI=1S/C20H25N2OS2.HI/c1-6-21-14(3)15(4)24-19(21)9-8-10-20-22(7-2)17-13-16(23-5)11-12-18(17)25-20;/h8-13H,6-7H2,1-5H3;1H/q+1;/p-1. The first kappa shape index (κ1) is 21.3. The van der Waals surface area contributed by atoms with Gasteiger partial charge in [0.15, 0.2) is 5.69 Å². The van der Waals surface area contributed by atoms with Gasteiger partial charge >= 0.3 is 0 Å².